The van der Waals surface area contributed by atoms with Gasteiger partial charge in [0, 0.05) is 6.20 Å². The van der Waals surface area contributed by atoms with Gasteiger partial charge in [-0.05, 0) is 30.9 Å². The molecule has 0 bridgehead atoms. The van der Waals surface area contributed by atoms with Crippen molar-refractivity contribution in [2.45, 2.75) is 38.2 Å². The van der Waals surface area contributed by atoms with E-state index < -0.39 is 5.50 Å². The Kier molecular flexibility index (Phi) is 3.80. The Balaban J connectivity index is 2.78. The van der Waals surface area contributed by atoms with Crippen LogP contribution in [0.1, 0.15) is 26.7 Å². The number of nitrogens with one attached hydrogen (secondary N) is 1. The summed E-state index contributed by atoms with van der Waals surface area (Å²) < 4.78 is 0. The van der Waals surface area contributed by atoms with Crippen LogP contribution in [0, 0.1) is 0 Å². The van der Waals surface area contributed by atoms with Crippen LogP contribution in [-0.4, -0.2) is 24.5 Å². The zero-order chi connectivity index (χ0) is 11.5. The number of dihydropyridines is 1. The van der Waals surface area contributed by atoms with Crippen LogP contribution in [0.15, 0.2) is 36.1 Å². The van der Waals surface area contributed by atoms with Crippen LogP contribution < -0.4 is 5.32 Å². The SMILES string of the molecule is [B]C(O)(CC=C)C1C=C(C)C(CC)=CN1. The van der Waals surface area contributed by atoms with Crippen molar-refractivity contribution in [3.8, 4) is 0 Å². The monoisotopic (exact) mass is 203 g/mol. The molecule has 0 amide bonds. The highest BCUT2D eigenvalue weighted by molar-refractivity contribution is 6.15. The molecule has 0 aromatic heterocycles. The van der Waals surface area contributed by atoms with Crippen molar-refractivity contribution in [2.24, 2.45) is 0 Å². The molecule has 0 fully saturated rings. The second kappa shape index (κ2) is 4.71. The molecule has 0 saturated carbocycles. The van der Waals surface area contributed by atoms with Crippen molar-refractivity contribution >= 4 is 7.85 Å². The van der Waals surface area contributed by atoms with Gasteiger partial charge in [-0.3, -0.25) is 0 Å². The van der Waals surface area contributed by atoms with Crippen LogP contribution in [0.5, 0.6) is 0 Å². The van der Waals surface area contributed by atoms with Crippen molar-refractivity contribution in [1.29, 1.82) is 0 Å². The second-order valence-electron chi connectivity index (χ2n) is 4.00. The number of rotatable bonds is 4. The highest BCUT2D eigenvalue weighted by Gasteiger charge is 2.29. The summed E-state index contributed by atoms with van der Waals surface area (Å²) in [6, 6.07) is -0.245. The van der Waals surface area contributed by atoms with Crippen molar-refractivity contribution in [3.63, 3.8) is 0 Å². The Labute approximate surface area is 93.2 Å². The van der Waals surface area contributed by atoms with Crippen LogP contribution in [-0.2, 0) is 0 Å². The normalized spacial score (nSPS) is 24.6. The van der Waals surface area contributed by atoms with Crippen LogP contribution >= 0.6 is 0 Å². The van der Waals surface area contributed by atoms with E-state index in [-0.39, 0.29) is 6.04 Å². The van der Waals surface area contributed by atoms with Gasteiger partial charge in [-0.1, -0.05) is 19.1 Å². The first kappa shape index (κ1) is 12.1. The largest absolute Gasteiger partial charge is 0.397 e. The minimum absolute atomic E-state index is 0.245. The second-order valence-corrected chi connectivity index (χ2v) is 4.00. The van der Waals surface area contributed by atoms with Crippen molar-refractivity contribution in [1.82, 2.24) is 5.32 Å². The summed E-state index contributed by atoms with van der Waals surface area (Å²) in [7, 11) is 5.80. The zero-order valence-corrected chi connectivity index (χ0v) is 9.46. The third-order valence-electron chi connectivity index (χ3n) is 2.75. The third-order valence-corrected chi connectivity index (χ3v) is 2.75. The molecule has 0 aromatic carbocycles. The smallest absolute Gasteiger partial charge is 0.117 e. The molecule has 2 unspecified atom stereocenters. The number of aliphatic hydroxyl groups is 1. The van der Waals surface area contributed by atoms with E-state index in [9.17, 15) is 5.11 Å². The van der Waals surface area contributed by atoms with E-state index >= 15 is 0 Å². The molecule has 1 heterocycles. The lowest BCUT2D eigenvalue weighted by Gasteiger charge is -2.34. The van der Waals surface area contributed by atoms with Crippen LogP contribution in [0.2, 0.25) is 0 Å². The summed E-state index contributed by atoms with van der Waals surface area (Å²) >= 11 is 0. The molecule has 1 aliphatic heterocycles. The van der Waals surface area contributed by atoms with E-state index in [4.69, 9.17) is 7.85 Å². The van der Waals surface area contributed by atoms with Gasteiger partial charge in [0.25, 0.3) is 0 Å². The first-order chi connectivity index (χ1) is 7.01. The van der Waals surface area contributed by atoms with Gasteiger partial charge in [-0.15, -0.1) is 6.58 Å². The van der Waals surface area contributed by atoms with Gasteiger partial charge in [0.2, 0.25) is 0 Å². The lowest BCUT2D eigenvalue weighted by atomic mass is 9.71. The molecule has 2 radical (unpaired) electrons. The fourth-order valence-corrected chi connectivity index (χ4v) is 1.74. The molecule has 0 aromatic rings. The summed E-state index contributed by atoms with van der Waals surface area (Å²) in [6.07, 6.45) is 6.88. The molecule has 2 nitrogen and oxygen atoms in total. The van der Waals surface area contributed by atoms with E-state index in [0.29, 0.717) is 6.42 Å². The molecule has 3 heteroatoms. The number of allylic oxidation sites excluding steroid dienone is 2. The van der Waals surface area contributed by atoms with Crippen molar-refractivity contribution in [3.05, 3.63) is 36.1 Å². The van der Waals surface area contributed by atoms with Crippen LogP contribution in [0.3, 0.4) is 0 Å². The van der Waals surface area contributed by atoms with Crippen molar-refractivity contribution < 1.29 is 5.11 Å². The fourth-order valence-electron chi connectivity index (χ4n) is 1.74. The Morgan fingerprint density at radius 2 is 2.40 bits per heavy atom. The fraction of sp³-hybridized carbons (Fsp3) is 0.500. The van der Waals surface area contributed by atoms with E-state index in [2.05, 4.69) is 18.8 Å². The Morgan fingerprint density at radius 1 is 1.73 bits per heavy atom. The number of hydrogen-bond acceptors (Lipinski definition) is 2. The third kappa shape index (κ3) is 2.75. The van der Waals surface area contributed by atoms with Gasteiger partial charge in [-0.2, -0.15) is 0 Å². The number of hydrogen-bond donors (Lipinski definition) is 2. The average molecular weight is 203 g/mol. The van der Waals surface area contributed by atoms with Gasteiger partial charge in [-0.25, -0.2) is 0 Å². The summed E-state index contributed by atoms with van der Waals surface area (Å²) in [5.74, 6) is 0. The average Bonchev–Trinajstić information content (AvgIpc) is 2.17. The lowest BCUT2D eigenvalue weighted by molar-refractivity contribution is 0.107. The molecular formula is C12H18BNO. The highest BCUT2D eigenvalue weighted by Crippen LogP contribution is 2.22. The predicted octanol–water partition coefficient (Wildman–Crippen LogP) is 1.63. The molecule has 0 aliphatic carbocycles. The van der Waals surface area contributed by atoms with E-state index in [1.165, 1.54) is 11.1 Å². The molecule has 0 saturated heterocycles. The minimum Gasteiger partial charge on any atom is -0.397 e. The van der Waals surface area contributed by atoms with Gasteiger partial charge >= 0.3 is 0 Å². The van der Waals surface area contributed by atoms with E-state index in [1.807, 2.05) is 19.2 Å². The first-order valence-corrected chi connectivity index (χ1v) is 5.27. The van der Waals surface area contributed by atoms with E-state index in [0.717, 1.165) is 6.42 Å². The molecule has 2 atom stereocenters. The molecule has 2 N–H and O–H groups in total. The maximum atomic E-state index is 9.99. The van der Waals surface area contributed by atoms with Gasteiger partial charge in [0.05, 0.1) is 11.5 Å². The Morgan fingerprint density at radius 3 is 2.87 bits per heavy atom. The molecular weight excluding hydrogens is 185 g/mol. The van der Waals surface area contributed by atoms with Gasteiger partial charge in [0.1, 0.15) is 7.85 Å². The quantitative estimate of drug-likeness (QED) is 0.537. The van der Waals surface area contributed by atoms with Crippen LogP contribution in [0.4, 0.5) is 0 Å². The maximum absolute atomic E-state index is 9.99. The summed E-state index contributed by atoms with van der Waals surface area (Å²) in [6.45, 7) is 7.72. The molecule has 0 spiro atoms. The van der Waals surface area contributed by atoms with Gasteiger partial charge in [0.15, 0.2) is 0 Å². The Hall–Kier alpha value is -0.955. The first-order valence-electron chi connectivity index (χ1n) is 5.27. The van der Waals surface area contributed by atoms with Gasteiger partial charge < -0.3 is 10.4 Å². The standard InChI is InChI=1S/C12H18BNO/c1-4-6-12(13,15)11-7-9(3)10(5-2)8-14-11/h4,7-8,11,14-15H,1,5-6H2,2-3H3. The van der Waals surface area contributed by atoms with Crippen molar-refractivity contribution in [2.75, 3.05) is 0 Å². The zero-order valence-electron chi connectivity index (χ0n) is 9.46. The molecule has 15 heavy (non-hydrogen) atoms. The summed E-state index contributed by atoms with van der Waals surface area (Å²) in [4.78, 5) is 0. The Bertz CT molecular complexity index is 305. The summed E-state index contributed by atoms with van der Waals surface area (Å²) in [5, 5.41) is 13.1. The summed E-state index contributed by atoms with van der Waals surface area (Å²) in [5.41, 5.74) is 1.16. The highest BCUT2D eigenvalue weighted by atomic mass is 16.3. The molecule has 1 aliphatic rings. The molecule has 80 valence electrons. The lowest BCUT2D eigenvalue weighted by Crippen LogP contribution is -2.49. The topological polar surface area (TPSA) is 32.3 Å². The predicted molar refractivity (Wildman–Crippen MR) is 64.6 cm³/mol. The molecule has 1 rings (SSSR count). The minimum atomic E-state index is -1.27. The maximum Gasteiger partial charge on any atom is 0.117 e. The van der Waals surface area contributed by atoms with Crippen LogP contribution in [0.25, 0.3) is 0 Å². The van der Waals surface area contributed by atoms with E-state index in [1.54, 1.807) is 6.08 Å².